The maximum atomic E-state index is 9.98. The fraction of sp³-hybridized carbons (Fsp3) is 0.455. The van der Waals surface area contributed by atoms with E-state index in [0.717, 1.165) is 50.4 Å². The smallest absolute Gasteiger partial charge is 0.162 e. The van der Waals surface area contributed by atoms with Gasteiger partial charge in [-0.1, -0.05) is 13.8 Å². The Labute approximate surface area is 166 Å². The van der Waals surface area contributed by atoms with E-state index in [0.29, 0.717) is 24.7 Å². The van der Waals surface area contributed by atoms with E-state index in [2.05, 4.69) is 9.80 Å². The minimum atomic E-state index is 0.180. The first-order valence-corrected chi connectivity index (χ1v) is 10.0. The van der Waals surface area contributed by atoms with Crippen molar-refractivity contribution in [3.8, 4) is 23.0 Å². The average molecular weight is 386 g/mol. The van der Waals surface area contributed by atoms with Crippen LogP contribution in [0.4, 0.5) is 11.4 Å². The van der Waals surface area contributed by atoms with Crippen LogP contribution in [0.3, 0.4) is 0 Å². The van der Waals surface area contributed by atoms with Crippen molar-refractivity contribution in [2.45, 2.75) is 26.7 Å². The minimum Gasteiger partial charge on any atom is -0.504 e. The van der Waals surface area contributed by atoms with Gasteiger partial charge in [-0.15, -0.1) is 0 Å². The van der Waals surface area contributed by atoms with Crippen molar-refractivity contribution < 1.29 is 19.7 Å². The van der Waals surface area contributed by atoms with Gasteiger partial charge in [0.2, 0.25) is 0 Å². The maximum Gasteiger partial charge on any atom is 0.162 e. The monoisotopic (exact) mass is 386 g/mol. The van der Waals surface area contributed by atoms with Crippen LogP contribution in [0, 0.1) is 0 Å². The number of benzene rings is 2. The van der Waals surface area contributed by atoms with Gasteiger partial charge >= 0.3 is 0 Å². The minimum absolute atomic E-state index is 0.180. The lowest BCUT2D eigenvalue weighted by Crippen LogP contribution is -2.46. The highest BCUT2D eigenvalue weighted by Crippen LogP contribution is 2.34. The molecule has 1 saturated heterocycles. The number of piperazine rings is 1. The van der Waals surface area contributed by atoms with Crippen LogP contribution < -0.4 is 19.3 Å². The van der Waals surface area contributed by atoms with Gasteiger partial charge in [-0.2, -0.15) is 0 Å². The molecule has 0 bridgehead atoms. The number of phenols is 2. The molecule has 1 fully saturated rings. The molecule has 0 spiro atoms. The Balaban J connectivity index is 1.65. The molecule has 2 aromatic rings. The molecule has 2 N–H and O–H groups in total. The van der Waals surface area contributed by atoms with Crippen LogP contribution in [0.5, 0.6) is 23.0 Å². The maximum absolute atomic E-state index is 9.98. The topological polar surface area (TPSA) is 65.4 Å². The first-order valence-electron chi connectivity index (χ1n) is 10.0. The molecular formula is C22H30N2O4. The van der Waals surface area contributed by atoms with Crippen LogP contribution in [-0.4, -0.2) is 49.6 Å². The summed E-state index contributed by atoms with van der Waals surface area (Å²) in [5.74, 6) is 1.44. The standard InChI is InChI=1S/C22H30N2O4/c1-3-13-27-21-15-17(5-7-19(21)25)23-9-11-24(12-10-23)18-6-8-20(26)22(16-18)28-14-4-2/h5-8,15-16,25-26H,3-4,9-14H2,1-2H3. The molecule has 1 heterocycles. The fourth-order valence-corrected chi connectivity index (χ4v) is 3.28. The number of aromatic hydroxyl groups is 2. The number of anilines is 2. The summed E-state index contributed by atoms with van der Waals surface area (Å²) in [4.78, 5) is 4.59. The zero-order valence-corrected chi connectivity index (χ0v) is 16.7. The zero-order valence-electron chi connectivity index (χ0n) is 16.7. The van der Waals surface area contributed by atoms with Crippen LogP contribution >= 0.6 is 0 Å². The van der Waals surface area contributed by atoms with E-state index >= 15 is 0 Å². The summed E-state index contributed by atoms with van der Waals surface area (Å²) in [5, 5.41) is 20.0. The molecule has 0 aromatic heterocycles. The van der Waals surface area contributed by atoms with E-state index in [1.165, 1.54) is 0 Å². The quantitative estimate of drug-likeness (QED) is 0.715. The van der Waals surface area contributed by atoms with Gasteiger partial charge < -0.3 is 29.5 Å². The molecule has 2 aromatic carbocycles. The molecule has 0 atom stereocenters. The zero-order chi connectivity index (χ0) is 19.9. The summed E-state index contributed by atoms with van der Waals surface area (Å²) in [6.07, 6.45) is 1.80. The Kier molecular flexibility index (Phi) is 6.74. The van der Waals surface area contributed by atoms with Gasteiger partial charge in [0.1, 0.15) is 0 Å². The van der Waals surface area contributed by atoms with Crippen LogP contribution in [-0.2, 0) is 0 Å². The highest BCUT2D eigenvalue weighted by atomic mass is 16.5. The van der Waals surface area contributed by atoms with Crippen molar-refractivity contribution in [1.82, 2.24) is 0 Å². The highest BCUT2D eigenvalue weighted by Gasteiger charge is 2.19. The first-order chi connectivity index (χ1) is 13.6. The Morgan fingerprint density at radius 1 is 0.714 bits per heavy atom. The number of ether oxygens (including phenoxy) is 2. The van der Waals surface area contributed by atoms with Crippen LogP contribution in [0.15, 0.2) is 36.4 Å². The van der Waals surface area contributed by atoms with Gasteiger partial charge in [0.15, 0.2) is 23.0 Å². The average Bonchev–Trinajstić information content (AvgIpc) is 2.73. The van der Waals surface area contributed by atoms with Crippen molar-refractivity contribution in [2.75, 3.05) is 49.2 Å². The molecule has 0 unspecified atom stereocenters. The summed E-state index contributed by atoms with van der Waals surface area (Å²) < 4.78 is 11.3. The second-order valence-corrected chi connectivity index (χ2v) is 6.98. The van der Waals surface area contributed by atoms with E-state index < -0.39 is 0 Å². The van der Waals surface area contributed by atoms with Crippen molar-refractivity contribution in [3.63, 3.8) is 0 Å². The van der Waals surface area contributed by atoms with E-state index in [-0.39, 0.29) is 11.5 Å². The van der Waals surface area contributed by atoms with Crippen LogP contribution in [0.2, 0.25) is 0 Å². The fourth-order valence-electron chi connectivity index (χ4n) is 3.28. The predicted molar refractivity (Wildman–Crippen MR) is 112 cm³/mol. The molecule has 0 amide bonds. The normalized spacial score (nSPS) is 14.2. The van der Waals surface area contributed by atoms with Crippen molar-refractivity contribution >= 4 is 11.4 Å². The second kappa shape index (κ2) is 9.44. The molecule has 1 aliphatic rings. The van der Waals surface area contributed by atoms with E-state index in [9.17, 15) is 10.2 Å². The molecule has 0 aliphatic carbocycles. The van der Waals surface area contributed by atoms with Crippen molar-refractivity contribution in [3.05, 3.63) is 36.4 Å². The second-order valence-electron chi connectivity index (χ2n) is 6.98. The number of phenolic OH excluding ortho intramolecular Hbond substituents is 2. The van der Waals surface area contributed by atoms with E-state index in [1.54, 1.807) is 12.1 Å². The van der Waals surface area contributed by atoms with Crippen molar-refractivity contribution in [1.29, 1.82) is 0 Å². The predicted octanol–water partition coefficient (Wildman–Crippen LogP) is 4.00. The molecule has 6 heteroatoms. The molecule has 152 valence electrons. The molecule has 6 nitrogen and oxygen atoms in total. The Hall–Kier alpha value is -2.76. The number of rotatable bonds is 8. The summed E-state index contributed by atoms with van der Waals surface area (Å²) in [6.45, 7) is 8.73. The lowest BCUT2D eigenvalue weighted by molar-refractivity contribution is 0.299. The molecular weight excluding hydrogens is 356 g/mol. The Morgan fingerprint density at radius 2 is 1.11 bits per heavy atom. The van der Waals surface area contributed by atoms with Gasteiger partial charge in [-0.25, -0.2) is 0 Å². The summed E-state index contributed by atoms with van der Waals surface area (Å²) >= 11 is 0. The Bertz CT molecular complexity index is 708. The molecule has 0 saturated carbocycles. The van der Waals surface area contributed by atoms with E-state index in [4.69, 9.17) is 9.47 Å². The lowest BCUT2D eigenvalue weighted by Gasteiger charge is -2.37. The van der Waals surface area contributed by atoms with Gasteiger partial charge in [0, 0.05) is 49.7 Å². The van der Waals surface area contributed by atoms with Crippen LogP contribution in [0.25, 0.3) is 0 Å². The van der Waals surface area contributed by atoms with E-state index in [1.807, 2.05) is 38.1 Å². The molecule has 0 radical (unpaired) electrons. The summed E-state index contributed by atoms with van der Waals surface area (Å²) in [6, 6.07) is 11.1. The molecule has 28 heavy (non-hydrogen) atoms. The highest BCUT2D eigenvalue weighted by molar-refractivity contribution is 5.59. The van der Waals surface area contributed by atoms with Crippen LogP contribution in [0.1, 0.15) is 26.7 Å². The molecule has 1 aliphatic heterocycles. The van der Waals surface area contributed by atoms with Gasteiger partial charge in [0.25, 0.3) is 0 Å². The summed E-state index contributed by atoms with van der Waals surface area (Å²) in [7, 11) is 0. The third-order valence-electron chi connectivity index (χ3n) is 4.82. The first kappa shape index (κ1) is 20.0. The Morgan fingerprint density at radius 3 is 1.46 bits per heavy atom. The number of hydrogen-bond donors (Lipinski definition) is 2. The van der Waals surface area contributed by atoms with Gasteiger partial charge in [-0.05, 0) is 37.1 Å². The van der Waals surface area contributed by atoms with Gasteiger partial charge in [0.05, 0.1) is 13.2 Å². The summed E-state index contributed by atoms with van der Waals surface area (Å²) in [5.41, 5.74) is 2.11. The third-order valence-corrected chi connectivity index (χ3v) is 4.82. The number of nitrogens with zero attached hydrogens (tertiary/aromatic N) is 2. The SMILES string of the molecule is CCCOc1cc(N2CCN(c3ccc(O)c(OCCC)c3)CC2)ccc1O. The largest absolute Gasteiger partial charge is 0.504 e. The third kappa shape index (κ3) is 4.74. The molecule has 3 rings (SSSR count). The van der Waals surface area contributed by atoms with Gasteiger partial charge in [-0.3, -0.25) is 0 Å². The van der Waals surface area contributed by atoms with Crippen molar-refractivity contribution in [2.24, 2.45) is 0 Å². The lowest BCUT2D eigenvalue weighted by atomic mass is 10.2. The number of hydrogen-bond acceptors (Lipinski definition) is 6.